The summed E-state index contributed by atoms with van der Waals surface area (Å²) in [6.45, 7) is 2.63. The van der Waals surface area contributed by atoms with Crippen molar-refractivity contribution in [2.75, 3.05) is 11.9 Å². The molecule has 2 aromatic carbocycles. The Morgan fingerprint density at radius 3 is 2.76 bits per heavy atom. The number of hydrogen-bond donors (Lipinski definition) is 0. The van der Waals surface area contributed by atoms with Crippen LogP contribution in [0.2, 0.25) is 0 Å². The van der Waals surface area contributed by atoms with Crippen LogP contribution in [-0.4, -0.2) is 22.6 Å². The molecule has 1 atom stereocenters. The van der Waals surface area contributed by atoms with Crippen LogP contribution in [0.4, 0.5) is 14.6 Å². The lowest BCUT2D eigenvalue weighted by molar-refractivity contribution is 0.290. The van der Waals surface area contributed by atoms with Crippen LogP contribution < -0.4 is 20.1 Å². The first-order valence-corrected chi connectivity index (χ1v) is 9.10. The fraction of sp³-hybridized carbons (Fsp3) is 0.238. The Morgan fingerprint density at radius 1 is 1.17 bits per heavy atom. The molecule has 1 aromatic heterocycles. The van der Waals surface area contributed by atoms with Gasteiger partial charge < -0.3 is 14.4 Å². The first-order valence-electron chi connectivity index (χ1n) is 9.10. The zero-order chi connectivity index (χ0) is 20.5. The summed E-state index contributed by atoms with van der Waals surface area (Å²) in [6.07, 6.45) is 0. The van der Waals surface area contributed by atoms with Gasteiger partial charge in [0.1, 0.15) is 24.0 Å². The van der Waals surface area contributed by atoms with E-state index in [4.69, 9.17) is 9.47 Å². The fourth-order valence-corrected chi connectivity index (χ4v) is 3.16. The second kappa shape index (κ2) is 7.54. The summed E-state index contributed by atoms with van der Waals surface area (Å²) in [7, 11) is 1.90. The van der Waals surface area contributed by atoms with Gasteiger partial charge in [-0.3, -0.25) is 4.57 Å². The van der Waals surface area contributed by atoms with Crippen molar-refractivity contribution < 1.29 is 18.3 Å². The van der Waals surface area contributed by atoms with E-state index in [2.05, 4.69) is 4.98 Å². The van der Waals surface area contributed by atoms with Crippen LogP contribution in [0, 0.1) is 11.6 Å². The van der Waals surface area contributed by atoms with E-state index < -0.39 is 11.6 Å². The molecular weight excluding hydrogens is 380 g/mol. The highest BCUT2D eigenvalue weighted by Gasteiger charge is 2.25. The van der Waals surface area contributed by atoms with E-state index in [0.717, 1.165) is 5.82 Å². The molecule has 29 heavy (non-hydrogen) atoms. The Morgan fingerprint density at radius 2 is 2.00 bits per heavy atom. The maximum absolute atomic E-state index is 14.4. The summed E-state index contributed by atoms with van der Waals surface area (Å²) in [5.41, 5.74) is 0.164. The molecule has 3 aromatic rings. The first-order chi connectivity index (χ1) is 13.9. The van der Waals surface area contributed by atoms with Crippen molar-refractivity contribution in [2.24, 2.45) is 0 Å². The SMILES string of the molecule is CC1Cn2c(cc(OCc3ccc(Oc4cccc(F)c4)c(F)c3)nc2=O)N1C. The van der Waals surface area contributed by atoms with E-state index in [-0.39, 0.29) is 35.7 Å². The van der Waals surface area contributed by atoms with E-state index in [9.17, 15) is 13.6 Å². The molecule has 0 saturated heterocycles. The van der Waals surface area contributed by atoms with Crippen LogP contribution in [0.5, 0.6) is 17.4 Å². The van der Waals surface area contributed by atoms with Crippen molar-refractivity contribution >= 4 is 5.82 Å². The third-order valence-corrected chi connectivity index (χ3v) is 4.84. The number of ether oxygens (including phenoxy) is 2. The molecule has 0 saturated carbocycles. The molecule has 0 spiro atoms. The van der Waals surface area contributed by atoms with Crippen LogP contribution in [0.1, 0.15) is 12.5 Å². The average molecular weight is 399 g/mol. The van der Waals surface area contributed by atoms with E-state index >= 15 is 0 Å². The number of hydrogen-bond acceptors (Lipinski definition) is 5. The Kier molecular flexibility index (Phi) is 4.92. The summed E-state index contributed by atoms with van der Waals surface area (Å²) < 4.78 is 40.2. The largest absolute Gasteiger partial charge is 0.473 e. The van der Waals surface area contributed by atoms with Crippen LogP contribution in [-0.2, 0) is 13.2 Å². The summed E-state index contributed by atoms with van der Waals surface area (Å²) in [5.74, 6) is 0.0229. The van der Waals surface area contributed by atoms with Crippen molar-refractivity contribution in [3.05, 3.63) is 76.2 Å². The first kappa shape index (κ1) is 18.9. The number of likely N-dealkylation sites (N-methyl/N-ethyl adjacent to an activating group) is 1. The zero-order valence-electron chi connectivity index (χ0n) is 15.9. The van der Waals surface area contributed by atoms with Gasteiger partial charge in [0.2, 0.25) is 5.88 Å². The highest BCUT2D eigenvalue weighted by molar-refractivity contribution is 5.45. The highest BCUT2D eigenvalue weighted by Crippen LogP contribution is 2.27. The molecule has 150 valence electrons. The molecule has 0 fully saturated rings. The Balaban J connectivity index is 1.46. The molecule has 0 aliphatic carbocycles. The molecule has 0 bridgehead atoms. The number of nitrogens with zero attached hydrogens (tertiary/aromatic N) is 3. The smallest absolute Gasteiger partial charge is 0.352 e. The van der Waals surface area contributed by atoms with E-state index in [0.29, 0.717) is 12.1 Å². The Labute approximate surface area is 165 Å². The summed E-state index contributed by atoms with van der Waals surface area (Å²) in [6, 6.07) is 11.7. The fourth-order valence-electron chi connectivity index (χ4n) is 3.16. The molecule has 6 nitrogen and oxygen atoms in total. The van der Waals surface area contributed by atoms with Gasteiger partial charge in [0.15, 0.2) is 11.6 Å². The minimum absolute atomic E-state index is 0.0242. The van der Waals surface area contributed by atoms with Crippen LogP contribution in [0.3, 0.4) is 0 Å². The molecule has 1 aliphatic heterocycles. The lowest BCUT2D eigenvalue weighted by atomic mass is 10.2. The van der Waals surface area contributed by atoms with E-state index in [1.807, 2.05) is 18.9 Å². The monoisotopic (exact) mass is 399 g/mol. The van der Waals surface area contributed by atoms with Crippen molar-refractivity contribution in [3.8, 4) is 17.4 Å². The number of fused-ring (bicyclic) bond motifs is 1. The second-order valence-corrected chi connectivity index (χ2v) is 6.92. The quantitative estimate of drug-likeness (QED) is 0.654. The van der Waals surface area contributed by atoms with Crippen LogP contribution >= 0.6 is 0 Å². The third kappa shape index (κ3) is 3.91. The minimum Gasteiger partial charge on any atom is -0.473 e. The lowest BCUT2D eigenvalue weighted by Gasteiger charge is -2.16. The predicted octanol–water partition coefficient (Wildman–Crippen LogP) is 3.73. The molecule has 1 aliphatic rings. The summed E-state index contributed by atoms with van der Waals surface area (Å²) >= 11 is 0. The van der Waals surface area contributed by atoms with Crippen molar-refractivity contribution in [1.82, 2.24) is 9.55 Å². The van der Waals surface area contributed by atoms with Gasteiger partial charge in [0, 0.05) is 31.8 Å². The lowest BCUT2D eigenvalue weighted by Crippen LogP contribution is -2.23. The standard InChI is InChI=1S/C21H19F2N3O3/c1-13-11-26-20(25(13)2)10-19(24-21(26)27)28-12-14-6-7-18(17(23)8-14)29-16-5-3-4-15(22)9-16/h3-10,13H,11-12H2,1-2H3. The van der Waals surface area contributed by atoms with Crippen LogP contribution in [0.15, 0.2) is 53.3 Å². The number of anilines is 1. The van der Waals surface area contributed by atoms with Gasteiger partial charge in [-0.25, -0.2) is 13.6 Å². The Hall–Kier alpha value is -3.42. The van der Waals surface area contributed by atoms with Gasteiger partial charge in [-0.2, -0.15) is 4.98 Å². The van der Waals surface area contributed by atoms with Crippen LogP contribution in [0.25, 0.3) is 0 Å². The molecule has 4 rings (SSSR count). The molecular formula is C21H19F2N3O3. The van der Waals surface area contributed by atoms with Gasteiger partial charge in [0.25, 0.3) is 0 Å². The summed E-state index contributed by atoms with van der Waals surface area (Å²) in [4.78, 5) is 18.1. The van der Waals surface area contributed by atoms with Gasteiger partial charge in [-0.15, -0.1) is 0 Å². The average Bonchev–Trinajstić information content (AvgIpc) is 2.97. The van der Waals surface area contributed by atoms with E-state index in [1.54, 1.807) is 16.7 Å². The Bertz CT molecular complexity index is 1120. The molecule has 0 amide bonds. The van der Waals surface area contributed by atoms with E-state index in [1.165, 1.54) is 36.4 Å². The second-order valence-electron chi connectivity index (χ2n) is 6.92. The molecule has 0 radical (unpaired) electrons. The maximum Gasteiger partial charge on any atom is 0.352 e. The van der Waals surface area contributed by atoms with Gasteiger partial charge in [-0.05, 0) is 36.8 Å². The van der Waals surface area contributed by atoms with Gasteiger partial charge >= 0.3 is 5.69 Å². The molecule has 0 N–H and O–H groups in total. The number of aromatic nitrogens is 2. The predicted molar refractivity (Wildman–Crippen MR) is 104 cm³/mol. The van der Waals surface area contributed by atoms with Crippen molar-refractivity contribution in [1.29, 1.82) is 0 Å². The van der Waals surface area contributed by atoms with Gasteiger partial charge in [0.05, 0.1) is 0 Å². The molecule has 8 heteroatoms. The topological polar surface area (TPSA) is 56.6 Å². The highest BCUT2D eigenvalue weighted by atomic mass is 19.1. The number of halogens is 2. The van der Waals surface area contributed by atoms with Crippen molar-refractivity contribution in [2.45, 2.75) is 26.1 Å². The number of rotatable bonds is 5. The normalized spacial score (nSPS) is 15.3. The molecule has 1 unspecified atom stereocenters. The van der Waals surface area contributed by atoms with Gasteiger partial charge in [-0.1, -0.05) is 12.1 Å². The zero-order valence-corrected chi connectivity index (χ0v) is 15.9. The maximum atomic E-state index is 14.4. The third-order valence-electron chi connectivity index (χ3n) is 4.84. The minimum atomic E-state index is -0.606. The van der Waals surface area contributed by atoms with Crippen molar-refractivity contribution in [3.63, 3.8) is 0 Å². The summed E-state index contributed by atoms with van der Waals surface area (Å²) in [5, 5.41) is 0. The molecule has 2 heterocycles. The number of benzene rings is 2.